The smallest absolute Gasteiger partial charge is 0.367 e. The summed E-state index contributed by atoms with van der Waals surface area (Å²) in [7, 11) is 1.55. The lowest BCUT2D eigenvalue weighted by Gasteiger charge is -2.40. The normalized spacial score (nSPS) is 17.2. The van der Waals surface area contributed by atoms with E-state index < -0.39 is 17.3 Å². The van der Waals surface area contributed by atoms with Gasteiger partial charge in [-0.25, -0.2) is 4.98 Å². The van der Waals surface area contributed by atoms with Gasteiger partial charge in [-0.1, -0.05) is 0 Å². The van der Waals surface area contributed by atoms with Gasteiger partial charge >= 0.3 is 6.18 Å². The van der Waals surface area contributed by atoms with Crippen molar-refractivity contribution >= 4 is 22.6 Å². The molecule has 180 valence electrons. The maximum atomic E-state index is 13.2. The molecule has 0 saturated carbocycles. The van der Waals surface area contributed by atoms with Crippen LogP contribution in [0.4, 0.5) is 18.9 Å². The average molecular weight is 475 g/mol. The standard InChI is InChI=1S/C22H24F3N7O2/c1-12-10-32(15-4-5-16(27-9-15)20(33)26-3)7-6-31(12)11-14-8-17-19(30-29-14)13(2)18(21(34)28-17)22(23,24)25/h4-5,8-9,12H,6-7,10-11H2,1-3H3,(H,26,33)(H,28,34). The quantitative estimate of drug-likeness (QED) is 0.595. The number of amides is 1. The number of H-pyrrole nitrogens is 1. The molecular formula is C22H24F3N7O2. The number of hydrogen-bond donors (Lipinski definition) is 2. The molecule has 4 rings (SSSR count). The van der Waals surface area contributed by atoms with E-state index in [1.54, 1.807) is 25.4 Å². The van der Waals surface area contributed by atoms with Crippen molar-refractivity contribution in [2.45, 2.75) is 32.6 Å². The number of hydrogen-bond acceptors (Lipinski definition) is 7. The molecule has 0 radical (unpaired) electrons. The van der Waals surface area contributed by atoms with Crippen molar-refractivity contribution in [2.75, 3.05) is 31.6 Å². The highest BCUT2D eigenvalue weighted by molar-refractivity contribution is 5.92. The minimum absolute atomic E-state index is 0.0289. The Kier molecular flexibility index (Phi) is 6.26. The Balaban J connectivity index is 1.48. The van der Waals surface area contributed by atoms with Gasteiger partial charge in [-0.05, 0) is 37.6 Å². The number of carbonyl (C=O) groups is 1. The lowest BCUT2D eigenvalue weighted by molar-refractivity contribution is -0.139. The molecule has 1 unspecified atom stereocenters. The van der Waals surface area contributed by atoms with Crippen LogP contribution in [0.25, 0.3) is 11.0 Å². The summed E-state index contributed by atoms with van der Waals surface area (Å²) in [5.41, 5.74) is -0.585. The largest absolute Gasteiger partial charge is 0.422 e. The summed E-state index contributed by atoms with van der Waals surface area (Å²) in [6.07, 6.45) is -3.09. The molecule has 0 spiro atoms. The van der Waals surface area contributed by atoms with Gasteiger partial charge in [0.15, 0.2) is 0 Å². The van der Waals surface area contributed by atoms with Crippen molar-refractivity contribution in [3.63, 3.8) is 0 Å². The molecule has 3 aromatic heterocycles. The summed E-state index contributed by atoms with van der Waals surface area (Å²) >= 11 is 0. The molecule has 1 amide bonds. The Morgan fingerprint density at radius 2 is 2.03 bits per heavy atom. The van der Waals surface area contributed by atoms with Gasteiger partial charge in [0.25, 0.3) is 11.5 Å². The number of aromatic nitrogens is 4. The Hall–Kier alpha value is -3.54. The van der Waals surface area contributed by atoms with Crippen LogP contribution in [0.3, 0.4) is 0 Å². The first-order chi connectivity index (χ1) is 16.1. The van der Waals surface area contributed by atoms with E-state index in [2.05, 4.69) is 42.2 Å². The van der Waals surface area contributed by atoms with E-state index in [4.69, 9.17) is 0 Å². The minimum atomic E-state index is -4.76. The molecular weight excluding hydrogens is 451 g/mol. The third-order valence-corrected chi connectivity index (χ3v) is 6.04. The molecule has 0 bridgehead atoms. The van der Waals surface area contributed by atoms with Gasteiger partial charge in [0.05, 0.1) is 23.1 Å². The van der Waals surface area contributed by atoms with Crippen LogP contribution in [0.2, 0.25) is 0 Å². The summed E-state index contributed by atoms with van der Waals surface area (Å²) in [6.45, 7) is 5.87. The van der Waals surface area contributed by atoms with E-state index in [1.165, 1.54) is 6.92 Å². The van der Waals surface area contributed by atoms with Crippen LogP contribution >= 0.6 is 0 Å². The average Bonchev–Trinajstić information content (AvgIpc) is 2.79. The summed E-state index contributed by atoms with van der Waals surface area (Å²) in [6, 6.07) is 5.27. The number of nitrogens with one attached hydrogen (secondary N) is 2. The number of piperazine rings is 1. The van der Waals surface area contributed by atoms with Crippen LogP contribution in [-0.4, -0.2) is 63.7 Å². The lowest BCUT2D eigenvalue weighted by atomic mass is 10.1. The fourth-order valence-corrected chi connectivity index (χ4v) is 4.20. The fourth-order valence-electron chi connectivity index (χ4n) is 4.20. The summed E-state index contributed by atoms with van der Waals surface area (Å²) in [5, 5.41) is 10.6. The van der Waals surface area contributed by atoms with Crippen LogP contribution in [0.15, 0.2) is 29.2 Å². The van der Waals surface area contributed by atoms with Gasteiger partial charge in [0, 0.05) is 39.3 Å². The van der Waals surface area contributed by atoms with Crippen molar-refractivity contribution in [3.05, 3.63) is 57.3 Å². The van der Waals surface area contributed by atoms with Gasteiger partial charge in [-0.2, -0.15) is 18.3 Å². The van der Waals surface area contributed by atoms with Crippen LogP contribution in [0.5, 0.6) is 0 Å². The van der Waals surface area contributed by atoms with E-state index in [0.717, 1.165) is 12.2 Å². The van der Waals surface area contributed by atoms with Crippen molar-refractivity contribution in [3.8, 4) is 0 Å². The number of rotatable bonds is 4. The third-order valence-electron chi connectivity index (χ3n) is 6.04. The second-order valence-corrected chi connectivity index (χ2v) is 8.30. The van der Waals surface area contributed by atoms with Crippen molar-refractivity contribution < 1.29 is 18.0 Å². The topological polar surface area (TPSA) is 107 Å². The van der Waals surface area contributed by atoms with Gasteiger partial charge < -0.3 is 15.2 Å². The number of anilines is 1. The number of aromatic amines is 1. The van der Waals surface area contributed by atoms with Crippen molar-refractivity contribution in [1.29, 1.82) is 0 Å². The van der Waals surface area contributed by atoms with Gasteiger partial charge in [-0.3, -0.25) is 14.5 Å². The molecule has 0 aliphatic carbocycles. The third kappa shape index (κ3) is 4.58. The summed E-state index contributed by atoms with van der Waals surface area (Å²) in [5.74, 6) is -0.243. The first-order valence-corrected chi connectivity index (χ1v) is 10.7. The first-order valence-electron chi connectivity index (χ1n) is 10.7. The highest BCUT2D eigenvalue weighted by Crippen LogP contribution is 2.31. The monoisotopic (exact) mass is 475 g/mol. The predicted octanol–water partition coefficient (Wildman–Crippen LogP) is 2.11. The van der Waals surface area contributed by atoms with Crippen molar-refractivity contribution in [1.82, 2.24) is 30.4 Å². The zero-order chi connectivity index (χ0) is 24.6. The molecule has 0 aromatic carbocycles. The Labute approximate surface area is 193 Å². The van der Waals surface area contributed by atoms with Gasteiger partial charge in [0.2, 0.25) is 0 Å². The molecule has 1 saturated heterocycles. The Morgan fingerprint density at radius 1 is 1.26 bits per heavy atom. The molecule has 1 atom stereocenters. The number of aryl methyl sites for hydroxylation is 1. The van der Waals surface area contributed by atoms with Crippen LogP contribution in [-0.2, 0) is 12.7 Å². The number of nitrogens with zero attached hydrogens (tertiary/aromatic N) is 5. The van der Waals surface area contributed by atoms with E-state index in [1.807, 2.05) is 6.07 Å². The van der Waals surface area contributed by atoms with E-state index in [0.29, 0.717) is 31.0 Å². The maximum absolute atomic E-state index is 13.2. The molecule has 12 heteroatoms. The highest BCUT2D eigenvalue weighted by atomic mass is 19.4. The summed E-state index contributed by atoms with van der Waals surface area (Å²) < 4.78 is 39.6. The molecule has 9 nitrogen and oxygen atoms in total. The highest BCUT2D eigenvalue weighted by Gasteiger charge is 2.37. The molecule has 1 fully saturated rings. The van der Waals surface area contributed by atoms with Gasteiger partial charge in [0.1, 0.15) is 16.8 Å². The van der Waals surface area contributed by atoms with E-state index in [-0.39, 0.29) is 28.5 Å². The number of fused-ring (bicyclic) bond motifs is 1. The number of alkyl halides is 3. The molecule has 1 aliphatic heterocycles. The Bertz CT molecular complexity index is 1270. The minimum Gasteiger partial charge on any atom is -0.367 e. The number of halogens is 3. The summed E-state index contributed by atoms with van der Waals surface area (Å²) in [4.78, 5) is 34.6. The van der Waals surface area contributed by atoms with Gasteiger partial charge in [-0.15, -0.1) is 5.10 Å². The second-order valence-electron chi connectivity index (χ2n) is 8.30. The fraction of sp³-hybridized carbons (Fsp3) is 0.409. The van der Waals surface area contributed by atoms with Crippen LogP contribution in [0, 0.1) is 6.92 Å². The zero-order valence-electron chi connectivity index (χ0n) is 18.9. The predicted molar refractivity (Wildman–Crippen MR) is 120 cm³/mol. The molecule has 1 aliphatic rings. The first kappa shape index (κ1) is 23.6. The van der Waals surface area contributed by atoms with Crippen LogP contribution < -0.4 is 15.8 Å². The number of pyridine rings is 2. The SMILES string of the molecule is CNC(=O)c1ccc(N2CCN(Cc3cc4[nH]c(=O)c(C(F)(F)F)c(C)c4nn3)C(C)C2)cn1. The number of carbonyl (C=O) groups excluding carboxylic acids is 1. The zero-order valence-corrected chi connectivity index (χ0v) is 18.9. The molecule has 2 N–H and O–H groups in total. The van der Waals surface area contributed by atoms with Crippen LogP contribution in [0.1, 0.15) is 34.2 Å². The van der Waals surface area contributed by atoms with E-state index >= 15 is 0 Å². The second kappa shape index (κ2) is 9.01. The van der Waals surface area contributed by atoms with E-state index in [9.17, 15) is 22.8 Å². The Morgan fingerprint density at radius 3 is 2.65 bits per heavy atom. The molecule has 34 heavy (non-hydrogen) atoms. The van der Waals surface area contributed by atoms with Crippen molar-refractivity contribution in [2.24, 2.45) is 0 Å². The lowest BCUT2D eigenvalue weighted by Crippen LogP contribution is -2.51. The molecule has 4 heterocycles. The molecule has 3 aromatic rings. The maximum Gasteiger partial charge on any atom is 0.422 e.